The molecule has 3 aromatic carbocycles. The van der Waals surface area contributed by atoms with Crippen LogP contribution in [-0.4, -0.2) is 49.7 Å². The molecule has 0 unspecified atom stereocenters. The molecule has 33 heavy (non-hydrogen) atoms. The van der Waals surface area contributed by atoms with Crippen LogP contribution in [-0.2, 0) is 14.8 Å². The molecule has 0 atom stereocenters. The molecule has 4 rings (SSSR count). The third-order valence-corrected chi connectivity index (χ3v) is 7.96. The summed E-state index contributed by atoms with van der Waals surface area (Å²) in [5.74, 6) is -0.0636. The maximum atomic E-state index is 13.2. The number of nitrogens with zero attached hydrogens (tertiary/aromatic N) is 3. The molecule has 0 aliphatic carbocycles. The number of hydrogen-bond donors (Lipinski definition) is 0. The topological polar surface area (TPSA) is 81.5 Å². The van der Waals surface area contributed by atoms with E-state index in [4.69, 9.17) is 0 Å². The van der Waals surface area contributed by atoms with Gasteiger partial charge in [-0.25, -0.2) is 8.42 Å². The van der Waals surface area contributed by atoms with Gasteiger partial charge in [0, 0.05) is 38.5 Å². The van der Waals surface area contributed by atoms with E-state index in [2.05, 4.69) is 0 Å². The Morgan fingerprint density at radius 3 is 1.88 bits per heavy atom. The fourth-order valence-electron chi connectivity index (χ4n) is 4.20. The molecule has 1 saturated heterocycles. The molecule has 1 heterocycles. The van der Waals surface area contributed by atoms with Crippen molar-refractivity contribution in [3.05, 3.63) is 102 Å². The SMILES string of the molecule is N#Cc1ccccc1S(=O)(=O)N1CCN(C(=O)CC(c2ccccc2)c2ccccc2)CC1. The van der Waals surface area contributed by atoms with Gasteiger partial charge in [-0.05, 0) is 23.3 Å². The summed E-state index contributed by atoms with van der Waals surface area (Å²) in [6, 6.07) is 28.1. The molecule has 168 valence electrons. The molecule has 1 aliphatic heterocycles. The zero-order valence-electron chi connectivity index (χ0n) is 18.2. The minimum atomic E-state index is -3.79. The van der Waals surface area contributed by atoms with Gasteiger partial charge in [0.1, 0.15) is 6.07 Å². The Morgan fingerprint density at radius 1 is 0.818 bits per heavy atom. The first-order chi connectivity index (χ1) is 16.0. The van der Waals surface area contributed by atoms with E-state index < -0.39 is 10.0 Å². The molecule has 0 spiro atoms. The summed E-state index contributed by atoms with van der Waals surface area (Å²) in [4.78, 5) is 14.9. The summed E-state index contributed by atoms with van der Waals surface area (Å²) in [5.41, 5.74) is 2.28. The van der Waals surface area contributed by atoms with E-state index in [1.807, 2.05) is 66.7 Å². The lowest BCUT2D eigenvalue weighted by atomic mass is 9.88. The average Bonchev–Trinajstić information content (AvgIpc) is 2.88. The first kappa shape index (κ1) is 22.7. The number of carbonyl (C=O) groups is 1. The van der Waals surface area contributed by atoms with Gasteiger partial charge < -0.3 is 4.90 Å². The van der Waals surface area contributed by atoms with Crippen molar-refractivity contribution in [2.75, 3.05) is 26.2 Å². The van der Waals surface area contributed by atoms with E-state index in [1.54, 1.807) is 17.0 Å². The minimum absolute atomic E-state index is 0.00202. The Kier molecular flexibility index (Phi) is 6.87. The number of benzene rings is 3. The van der Waals surface area contributed by atoms with Crippen LogP contribution >= 0.6 is 0 Å². The smallest absolute Gasteiger partial charge is 0.244 e. The van der Waals surface area contributed by atoms with Crippen molar-refractivity contribution in [1.82, 2.24) is 9.21 Å². The number of hydrogen-bond acceptors (Lipinski definition) is 4. The molecular formula is C26H25N3O3S. The molecular weight excluding hydrogens is 434 g/mol. The maximum absolute atomic E-state index is 13.2. The fourth-order valence-corrected chi connectivity index (χ4v) is 5.77. The second kappa shape index (κ2) is 9.99. The molecule has 1 amide bonds. The molecule has 3 aromatic rings. The van der Waals surface area contributed by atoms with Crippen LogP contribution in [0.2, 0.25) is 0 Å². The van der Waals surface area contributed by atoms with E-state index in [0.717, 1.165) is 11.1 Å². The van der Waals surface area contributed by atoms with E-state index in [-0.39, 0.29) is 35.4 Å². The van der Waals surface area contributed by atoms with Gasteiger partial charge in [-0.2, -0.15) is 9.57 Å². The van der Waals surface area contributed by atoms with Crippen LogP contribution in [0.1, 0.15) is 29.0 Å². The number of amides is 1. The summed E-state index contributed by atoms with van der Waals surface area (Å²) in [7, 11) is -3.79. The molecule has 0 bridgehead atoms. The third kappa shape index (κ3) is 4.98. The van der Waals surface area contributed by atoms with Crippen molar-refractivity contribution < 1.29 is 13.2 Å². The lowest BCUT2D eigenvalue weighted by Crippen LogP contribution is -2.50. The molecule has 7 heteroatoms. The third-order valence-electron chi connectivity index (χ3n) is 6.00. The average molecular weight is 460 g/mol. The maximum Gasteiger partial charge on any atom is 0.244 e. The van der Waals surface area contributed by atoms with Crippen molar-refractivity contribution in [1.29, 1.82) is 5.26 Å². The zero-order chi connectivity index (χ0) is 23.3. The van der Waals surface area contributed by atoms with Crippen molar-refractivity contribution in [2.24, 2.45) is 0 Å². The monoisotopic (exact) mass is 459 g/mol. The van der Waals surface area contributed by atoms with Crippen LogP contribution < -0.4 is 0 Å². The Bertz CT molecular complexity index is 1210. The van der Waals surface area contributed by atoms with Gasteiger partial charge in [0.25, 0.3) is 0 Å². The highest BCUT2D eigenvalue weighted by Gasteiger charge is 2.32. The van der Waals surface area contributed by atoms with Gasteiger partial charge in [-0.1, -0.05) is 72.8 Å². The second-order valence-corrected chi connectivity index (χ2v) is 9.88. The lowest BCUT2D eigenvalue weighted by molar-refractivity contribution is -0.132. The van der Waals surface area contributed by atoms with E-state index >= 15 is 0 Å². The molecule has 0 radical (unpaired) electrons. The quantitative estimate of drug-likeness (QED) is 0.564. The van der Waals surface area contributed by atoms with Gasteiger partial charge in [-0.15, -0.1) is 0 Å². The number of carbonyl (C=O) groups excluding carboxylic acids is 1. The van der Waals surface area contributed by atoms with Gasteiger partial charge in [0.2, 0.25) is 15.9 Å². The minimum Gasteiger partial charge on any atom is -0.340 e. The fraction of sp³-hybridized carbons (Fsp3) is 0.231. The van der Waals surface area contributed by atoms with Gasteiger partial charge in [0.05, 0.1) is 10.5 Å². The van der Waals surface area contributed by atoms with Gasteiger partial charge in [0.15, 0.2) is 0 Å². The summed E-state index contributed by atoms with van der Waals surface area (Å²) >= 11 is 0. The Hall–Kier alpha value is -3.47. The van der Waals surface area contributed by atoms with Crippen molar-refractivity contribution >= 4 is 15.9 Å². The highest BCUT2D eigenvalue weighted by atomic mass is 32.2. The van der Waals surface area contributed by atoms with Crippen LogP contribution in [0.3, 0.4) is 0 Å². The predicted molar refractivity (Wildman–Crippen MR) is 126 cm³/mol. The molecule has 0 saturated carbocycles. The molecule has 0 N–H and O–H groups in total. The second-order valence-electron chi connectivity index (χ2n) is 7.97. The number of rotatable bonds is 6. The largest absolute Gasteiger partial charge is 0.340 e. The number of piperazine rings is 1. The molecule has 0 aromatic heterocycles. The highest BCUT2D eigenvalue weighted by Crippen LogP contribution is 2.29. The van der Waals surface area contributed by atoms with E-state index in [1.165, 1.54) is 16.4 Å². The number of nitriles is 1. The highest BCUT2D eigenvalue weighted by molar-refractivity contribution is 7.89. The van der Waals surface area contributed by atoms with E-state index in [0.29, 0.717) is 19.5 Å². The summed E-state index contributed by atoms with van der Waals surface area (Å²) in [5, 5.41) is 9.28. The van der Waals surface area contributed by atoms with Gasteiger partial charge >= 0.3 is 0 Å². The van der Waals surface area contributed by atoms with Crippen LogP contribution in [0.25, 0.3) is 0 Å². The standard InChI is InChI=1S/C26H25N3O3S/c27-20-23-13-7-8-14-25(23)33(31,32)29-17-15-28(16-18-29)26(30)19-24(21-9-3-1-4-10-21)22-11-5-2-6-12-22/h1-14,24H,15-19H2. The van der Waals surface area contributed by atoms with E-state index in [9.17, 15) is 18.5 Å². The van der Waals surface area contributed by atoms with Crippen LogP contribution in [0.4, 0.5) is 0 Å². The molecule has 1 fully saturated rings. The predicted octanol–water partition coefficient (Wildman–Crippen LogP) is 3.61. The Labute approximate surface area is 194 Å². The summed E-state index contributed by atoms with van der Waals surface area (Å²) in [6.07, 6.45) is 0.318. The first-order valence-electron chi connectivity index (χ1n) is 10.9. The Balaban J connectivity index is 1.46. The number of sulfonamides is 1. The van der Waals surface area contributed by atoms with Crippen LogP contribution in [0, 0.1) is 11.3 Å². The first-order valence-corrected chi connectivity index (χ1v) is 12.3. The van der Waals surface area contributed by atoms with Crippen molar-refractivity contribution in [3.63, 3.8) is 0 Å². The van der Waals surface area contributed by atoms with Gasteiger partial charge in [-0.3, -0.25) is 4.79 Å². The summed E-state index contributed by atoms with van der Waals surface area (Å²) < 4.78 is 27.5. The van der Waals surface area contributed by atoms with Crippen LogP contribution in [0.15, 0.2) is 89.8 Å². The normalized spacial score (nSPS) is 14.7. The summed E-state index contributed by atoms with van der Waals surface area (Å²) in [6.45, 7) is 1.05. The zero-order valence-corrected chi connectivity index (χ0v) is 19.0. The van der Waals surface area contributed by atoms with Crippen molar-refractivity contribution in [3.8, 4) is 6.07 Å². The van der Waals surface area contributed by atoms with Crippen LogP contribution in [0.5, 0.6) is 0 Å². The van der Waals surface area contributed by atoms with Crippen molar-refractivity contribution in [2.45, 2.75) is 17.2 Å². The lowest BCUT2D eigenvalue weighted by Gasteiger charge is -2.35. The Morgan fingerprint density at radius 2 is 1.33 bits per heavy atom. The molecule has 6 nitrogen and oxygen atoms in total. The molecule has 1 aliphatic rings.